The molecule has 0 unspecified atom stereocenters. The third-order valence-corrected chi connectivity index (χ3v) is 2.48. The first-order valence-electron chi connectivity index (χ1n) is 6.33. The molecule has 112 valence electrons. The maximum Gasteiger partial charge on any atom is 0.412 e. The van der Waals surface area contributed by atoms with Gasteiger partial charge in [0.2, 0.25) is 0 Å². The molecule has 4 N–H and O–H groups in total. The fraction of sp³-hybridized carbons (Fsp3) is 0.500. The van der Waals surface area contributed by atoms with Crippen LogP contribution in [0.3, 0.4) is 0 Å². The number of ether oxygens (including phenoxy) is 2. The first kappa shape index (κ1) is 16.3. The van der Waals surface area contributed by atoms with Gasteiger partial charge in [0.15, 0.2) is 0 Å². The minimum atomic E-state index is -0.893. The molecule has 0 bridgehead atoms. The van der Waals surface area contributed by atoms with Crippen molar-refractivity contribution in [3.8, 4) is 5.75 Å². The largest absolute Gasteiger partial charge is 0.497 e. The van der Waals surface area contributed by atoms with E-state index in [0.717, 1.165) is 0 Å². The Morgan fingerprint density at radius 1 is 1.45 bits per heavy atom. The highest BCUT2D eigenvalue weighted by molar-refractivity contribution is 5.86. The monoisotopic (exact) mass is 282 g/mol. The van der Waals surface area contributed by atoms with E-state index in [1.165, 1.54) is 7.11 Å². The molecule has 0 fully saturated rings. The summed E-state index contributed by atoms with van der Waals surface area (Å²) < 4.78 is 10.3. The van der Waals surface area contributed by atoms with Gasteiger partial charge in [0, 0.05) is 12.1 Å². The van der Waals surface area contributed by atoms with Crippen LogP contribution >= 0.6 is 0 Å². The predicted molar refractivity (Wildman–Crippen MR) is 76.9 cm³/mol. The fourth-order valence-electron chi connectivity index (χ4n) is 1.60. The van der Waals surface area contributed by atoms with Gasteiger partial charge in [-0.2, -0.15) is 0 Å². The molecule has 0 aliphatic heterocycles. The van der Waals surface area contributed by atoms with Gasteiger partial charge in [0.1, 0.15) is 11.4 Å². The molecule has 0 spiro atoms. The molecule has 6 nitrogen and oxygen atoms in total. The minimum absolute atomic E-state index is 0.0379. The second-order valence-electron chi connectivity index (χ2n) is 5.33. The second-order valence-corrected chi connectivity index (χ2v) is 5.33. The highest BCUT2D eigenvalue weighted by Crippen LogP contribution is 2.27. The minimum Gasteiger partial charge on any atom is -0.497 e. The van der Waals surface area contributed by atoms with E-state index >= 15 is 0 Å². The molecule has 20 heavy (non-hydrogen) atoms. The Morgan fingerprint density at radius 2 is 2.10 bits per heavy atom. The van der Waals surface area contributed by atoms with E-state index in [1.807, 2.05) is 0 Å². The van der Waals surface area contributed by atoms with E-state index in [0.29, 0.717) is 17.0 Å². The van der Waals surface area contributed by atoms with Crippen LogP contribution in [-0.4, -0.2) is 30.5 Å². The Labute approximate surface area is 118 Å². The Morgan fingerprint density at radius 3 is 2.60 bits per heavy atom. The van der Waals surface area contributed by atoms with Gasteiger partial charge in [-0.15, -0.1) is 0 Å². The van der Waals surface area contributed by atoms with Crippen molar-refractivity contribution in [3.63, 3.8) is 0 Å². The highest BCUT2D eigenvalue weighted by atomic mass is 16.6. The smallest absolute Gasteiger partial charge is 0.412 e. The number of hydrogen-bond acceptors (Lipinski definition) is 5. The van der Waals surface area contributed by atoms with Gasteiger partial charge in [-0.25, -0.2) is 4.79 Å². The van der Waals surface area contributed by atoms with Gasteiger partial charge in [0.25, 0.3) is 0 Å². The third kappa shape index (κ3) is 4.71. The van der Waals surface area contributed by atoms with E-state index in [2.05, 4.69) is 5.32 Å². The lowest BCUT2D eigenvalue weighted by Gasteiger charge is -2.21. The van der Waals surface area contributed by atoms with Crippen LogP contribution in [0.25, 0.3) is 0 Å². The van der Waals surface area contributed by atoms with Gasteiger partial charge in [-0.05, 0) is 39.0 Å². The molecule has 0 saturated carbocycles. The number of hydrogen-bond donors (Lipinski definition) is 3. The molecule has 0 aromatic heterocycles. The van der Waals surface area contributed by atoms with Crippen LogP contribution in [0.15, 0.2) is 18.2 Å². The number of nitrogens with one attached hydrogen (secondary N) is 1. The average molecular weight is 282 g/mol. The van der Waals surface area contributed by atoms with Crippen molar-refractivity contribution in [3.05, 3.63) is 23.8 Å². The number of aliphatic hydroxyl groups excluding tert-OH is 1. The van der Waals surface area contributed by atoms with Crippen molar-refractivity contribution >= 4 is 11.8 Å². The van der Waals surface area contributed by atoms with Crippen LogP contribution in [0.4, 0.5) is 10.5 Å². The van der Waals surface area contributed by atoms with E-state index < -0.39 is 17.8 Å². The number of nitrogens with two attached hydrogens (primary N) is 1. The lowest BCUT2D eigenvalue weighted by atomic mass is 10.1. The number of aliphatic hydroxyl groups is 1. The summed E-state index contributed by atoms with van der Waals surface area (Å²) in [6.07, 6.45) is -1.48. The van der Waals surface area contributed by atoms with Crippen molar-refractivity contribution in [2.45, 2.75) is 32.5 Å². The number of carbonyl (C=O) groups excluding carboxylic acids is 1. The summed E-state index contributed by atoms with van der Waals surface area (Å²) in [6.45, 7) is 5.36. The summed E-state index contributed by atoms with van der Waals surface area (Å²) in [5.41, 5.74) is 5.79. The summed E-state index contributed by atoms with van der Waals surface area (Å²) in [7, 11) is 1.52. The summed E-state index contributed by atoms with van der Waals surface area (Å²) in [6, 6.07) is 4.95. The van der Waals surface area contributed by atoms with E-state index in [9.17, 15) is 9.90 Å². The molecule has 0 saturated heterocycles. The average Bonchev–Trinajstić information content (AvgIpc) is 2.36. The predicted octanol–water partition coefficient (Wildman–Crippen LogP) is 2.03. The van der Waals surface area contributed by atoms with Gasteiger partial charge in [-0.3, -0.25) is 5.32 Å². The second kappa shape index (κ2) is 6.58. The number of amides is 1. The first-order chi connectivity index (χ1) is 9.26. The molecule has 1 amide bonds. The van der Waals surface area contributed by atoms with Gasteiger partial charge >= 0.3 is 6.09 Å². The molecule has 6 heteroatoms. The van der Waals surface area contributed by atoms with Crippen LogP contribution in [-0.2, 0) is 4.74 Å². The molecular weight excluding hydrogens is 260 g/mol. The third-order valence-electron chi connectivity index (χ3n) is 2.48. The highest BCUT2D eigenvalue weighted by Gasteiger charge is 2.19. The summed E-state index contributed by atoms with van der Waals surface area (Å²) in [4.78, 5) is 11.8. The number of methoxy groups -OCH3 is 1. The van der Waals surface area contributed by atoms with Crippen molar-refractivity contribution in [1.29, 1.82) is 0 Å². The summed E-state index contributed by atoms with van der Waals surface area (Å²) in [5.74, 6) is 0.572. The maximum absolute atomic E-state index is 11.8. The quantitative estimate of drug-likeness (QED) is 0.785. The molecule has 1 aromatic carbocycles. The molecule has 1 aromatic rings. The lowest BCUT2D eigenvalue weighted by molar-refractivity contribution is 0.0635. The maximum atomic E-state index is 11.8. The SMILES string of the molecule is COc1ccc(NC(=O)OC(C)(C)C)c([C@H](O)CN)c1. The lowest BCUT2D eigenvalue weighted by Crippen LogP contribution is -2.28. The van der Waals surface area contributed by atoms with Crippen LogP contribution in [0.1, 0.15) is 32.4 Å². The Balaban J connectivity index is 2.96. The van der Waals surface area contributed by atoms with Gasteiger partial charge in [0.05, 0.1) is 18.9 Å². The Bertz CT molecular complexity index is 469. The number of rotatable bonds is 4. The van der Waals surface area contributed by atoms with Crippen molar-refractivity contribution in [1.82, 2.24) is 0 Å². The number of benzene rings is 1. The Hall–Kier alpha value is -1.79. The van der Waals surface area contributed by atoms with E-state index in [1.54, 1.807) is 39.0 Å². The zero-order chi connectivity index (χ0) is 15.3. The zero-order valence-electron chi connectivity index (χ0n) is 12.3. The van der Waals surface area contributed by atoms with Crippen LogP contribution < -0.4 is 15.8 Å². The number of carbonyl (C=O) groups is 1. The first-order valence-corrected chi connectivity index (χ1v) is 6.33. The molecular formula is C14H22N2O4. The van der Waals surface area contributed by atoms with Crippen LogP contribution in [0, 0.1) is 0 Å². The molecule has 1 atom stereocenters. The van der Waals surface area contributed by atoms with E-state index in [4.69, 9.17) is 15.2 Å². The molecule has 0 heterocycles. The van der Waals surface area contributed by atoms with Crippen LogP contribution in [0.2, 0.25) is 0 Å². The summed E-state index contributed by atoms with van der Waals surface area (Å²) in [5, 5.41) is 12.5. The fourth-order valence-corrected chi connectivity index (χ4v) is 1.60. The molecule has 0 aliphatic carbocycles. The van der Waals surface area contributed by atoms with Crippen molar-refractivity contribution < 1.29 is 19.4 Å². The molecule has 0 radical (unpaired) electrons. The standard InChI is InChI=1S/C14H22N2O4/c1-14(2,3)20-13(18)16-11-6-5-9(19-4)7-10(11)12(17)8-15/h5-7,12,17H,8,15H2,1-4H3,(H,16,18)/t12-/m1/s1. The van der Waals surface area contributed by atoms with E-state index in [-0.39, 0.29) is 6.54 Å². The van der Waals surface area contributed by atoms with Crippen LogP contribution in [0.5, 0.6) is 5.75 Å². The van der Waals surface area contributed by atoms with Gasteiger partial charge < -0.3 is 20.3 Å². The molecule has 1 rings (SSSR count). The topological polar surface area (TPSA) is 93.8 Å². The number of anilines is 1. The van der Waals surface area contributed by atoms with Gasteiger partial charge in [-0.1, -0.05) is 0 Å². The zero-order valence-corrected chi connectivity index (χ0v) is 12.3. The summed E-state index contributed by atoms with van der Waals surface area (Å²) >= 11 is 0. The van der Waals surface area contributed by atoms with Crippen molar-refractivity contribution in [2.75, 3.05) is 19.0 Å². The molecule has 0 aliphatic rings. The Kier molecular flexibility index (Phi) is 5.35. The van der Waals surface area contributed by atoms with Crippen molar-refractivity contribution in [2.24, 2.45) is 5.73 Å². The normalized spacial score (nSPS) is 12.7.